The first-order valence-corrected chi connectivity index (χ1v) is 28.5. The Morgan fingerprint density at radius 1 is 0.229 bits per heavy atom. The summed E-state index contributed by atoms with van der Waals surface area (Å²) < 4.78 is 7.00. The van der Waals surface area contributed by atoms with Crippen LogP contribution in [-0.2, 0) is 0 Å². The van der Waals surface area contributed by atoms with Gasteiger partial charge in [-0.2, -0.15) is 0 Å². The first-order valence-electron chi connectivity index (χ1n) is 28.5. The van der Waals surface area contributed by atoms with Crippen molar-refractivity contribution in [2.75, 3.05) is 9.80 Å². The van der Waals surface area contributed by atoms with E-state index in [9.17, 15) is 0 Å². The molecule has 0 aliphatic rings. The molecule has 16 rings (SSSR count). The maximum absolute atomic E-state index is 7.00. The van der Waals surface area contributed by atoms with Gasteiger partial charge in [-0.25, -0.2) is 0 Å². The minimum Gasteiger partial charge on any atom is -0.456 e. The summed E-state index contributed by atoms with van der Waals surface area (Å²) in [6.45, 7) is 0. The van der Waals surface area contributed by atoms with Crippen LogP contribution in [0.25, 0.3) is 120 Å². The van der Waals surface area contributed by atoms with Crippen molar-refractivity contribution in [2.45, 2.75) is 0 Å². The van der Waals surface area contributed by atoms with Crippen LogP contribution >= 0.6 is 0 Å². The van der Waals surface area contributed by atoms with E-state index in [2.05, 4.69) is 325 Å². The largest absolute Gasteiger partial charge is 0.456 e. The topological polar surface area (TPSA) is 19.6 Å². The summed E-state index contributed by atoms with van der Waals surface area (Å²) >= 11 is 0. The van der Waals surface area contributed by atoms with Gasteiger partial charge >= 0.3 is 0 Å². The summed E-state index contributed by atoms with van der Waals surface area (Å²) in [5.74, 6) is 0. The molecule has 15 aromatic carbocycles. The molecule has 0 atom stereocenters. The molecule has 0 bridgehead atoms. The number of anilines is 6. The predicted molar refractivity (Wildman–Crippen MR) is 352 cm³/mol. The molecular formula is C80H52N2O. The molecule has 83 heavy (non-hydrogen) atoms. The number of hydrogen-bond donors (Lipinski definition) is 0. The zero-order valence-corrected chi connectivity index (χ0v) is 45.3. The summed E-state index contributed by atoms with van der Waals surface area (Å²) in [6.07, 6.45) is 0. The second kappa shape index (κ2) is 20.0. The molecule has 0 aliphatic carbocycles. The fourth-order valence-corrected chi connectivity index (χ4v) is 13.0. The van der Waals surface area contributed by atoms with E-state index in [-0.39, 0.29) is 0 Å². The lowest BCUT2D eigenvalue weighted by Crippen LogP contribution is -2.12. The zero-order chi connectivity index (χ0) is 54.8. The van der Waals surface area contributed by atoms with Crippen molar-refractivity contribution in [2.24, 2.45) is 0 Å². The van der Waals surface area contributed by atoms with Crippen LogP contribution < -0.4 is 9.80 Å². The Hall–Kier alpha value is -11.0. The minimum absolute atomic E-state index is 0.848. The van der Waals surface area contributed by atoms with Crippen molar-refractivity contribution in [3.63, 3.8) is 0 Å². The first kappa shape index (κ1) is 48.0. The van der Waals surface area contributed by atoms with Gasteiger partial charge in [-0.05, 0) is 125 Å². The highest BCUT2D eigenvalue weighted by Crippen LogP contribution is 2.53. The monoisotopic (exact) mass is 1060 g/mol. The predicted octanol–water partition coefficient (Wildman–Crippen LogP) is 23.0. The third-order valence-electron chi connectivity index (χ3n) is 16.8. The molecule has 0 unspecified atom stereocenters. The van der Waals surface area contributed by atoms with Crippen LogP contribution in [-0.4, -0.2) is 0 Å². The molecule has 0 aliphatic heterocycles. The maximum atomic E-state index is 7.00. The van der Waals surface area contributed by atoms with Crippen LogP contribution in [0.3, 0.4) is 0 Å². The van der Waals surface area contributed by atoms with Crippen molar-refractivity contribution in [1.82, 2.24) is 0 Å². The lowest BCUT2D eigenvalue weighted by atomic mass is 9.87. The molecule has 1 heterocycles. The quantitative estimate of drug-likeness (QED) is 0.127. The Morgan fingerprint density at radius 2 is 0.614 bits per heavy atom. The molecule has 0 amide bonds. The highest BCUT2D eigenvalue weighted by Gasteiger charge is 2.27. The molecule has 0 N–H and O–H groups in total. The summed E-state index contributed by atoms with van der Waals surface area (Å²) in [5.41, 5.74) is 17.6. The number of rotatable bonds is 10. The third-order valence-corrected chi connectivity index (χ3v) is 16.8. The van der Waals surface area contributed by atoms with Gasteiger partial charge in [-0.1, -0.05) is 261 Å². The van der Waals surface area contributed by atoms with Gasteiger partial charge in [0.05, 0.1) is 17.1 Å². The van der Waals surface area contributed by atoms with Crippen LogP contribution in [0, 0.1) is 0 Å². The van der Waals surface area contributed by atoms with E-state index in [1.54, 1.807) is 0 Å². The molecule has 3 heteroatoms. The standard InChI is InChI=1S/C80H52N2O/c1-4-20-53(21-5-1)56-36-43-60(44-37-56)81(61-45-38-57(39-46-61)54-22-6-2-7-23-54)73-50-49-70(64-28-12-13-29-65(64)73)77-68-32-16-18-34-71(68)80(72-35-19-17-33-69(72)77)82(62-47-40-58(41-48-62)55-24-8-3-9-25-55)74-52-76-79(67-31-15-14-30-66(67)74)78-63-27-11-10-26-59(63)42-51-75(78)83-76/h1-52H. The first-order chi connectivity index (χ1) is 41.2. The molecule has 0 spiro atoms. The van der Waals surface area contributed by atoms with Crippen molar-refractivity contribution in [3.05, 3.63) is 315 Å². The van der Waals surface area contributed by atoms with Gasteiger partial charge in [0.2, 0.25) is 0 Å². The van der Waals surface area contributed by atoms with E-state index in [0.29, 0.717) is 0 Å². The Balaban J connectivity index is 0.925. The molecule has 16 aromatic rings. The summed E-state index contributed by atoms with van der Waals surface area (Å²) in [5, 5.41) is 13.8. The van der Waals surface area contributed by atoms with E-state index in [4.69, 9.17) is 4.42 Å². The lowest BCUT2D eigenvalue weighted by Gasteiger charge is -2.31. The molecule has 0 fully saturated rings. The van der Waals surface area contributed by atoms with E-state index in [1.807, 2.05) is 0 Å². The smallest absolute Gasteiger partial charge is 0.138 e. The van der Waals surface area contributed by atoms with Crippen molar-refractivity contribution >= 4 is 110 Å². The third kappa shape index (κ3) is 8.12. The Morgan fingerprint density at radius 3 is 1.13 bits per heavy atom. The Kier molecular flexibility index (Phi) is 11.5. The summed E-state index contributed by atoms with van der Waals surface area (Å²) in [7, 11) is 0. The Bertz CT molecular complexity index is 4970. The van der Waals surface area contributed by atoms with Gasteiger partial charge < -0.3 is 14.2 Å². The SMILES string of the molecule is c1ccc(-c2ccc(N(c3ccc(-c4ccccc4)cc3)c3ccc(-c4c5ccccc5c(N(c5ccc(-c6ccccc6)cc5)c5cc6oc7ccc8ccccc8c7c6c6ccccc56)c5ccccc45)c4ccccc34)cc2)cc1. The van der Waals surface area contributed by atoms with E-state index < -0.39 is 0 Å². The number of hydrogen-bond acceptors (Lipinski definition) is 3. The van der Waals surface area contributed by atoms with Gasteiger partial charge in [0.15, 0.2) is 0 Å². The van der Waals surface area contributed by atoms with Crippen LogP contribution in [0.15, 0.2) is 320 Å². The lowest BCUT2D eigenvalue weighted by molar-refractivity contribution is 0.669. The van der Waals surface area contributed by atoms with E-state index >= 15 is 0 Å². The number of benzene rings is 15. The highest BCUT2D eigenvalue weighted by atomic mass is 16.3. The van der Waals surface area contributed by atoms with E-state index in [0.717, 1.165) is 99.3 Å². The fourth-order valence-electron chi connectivity index (χ4n) is 13.0. The highest BCUT2D eigenvalue weighted by molar-refractivity contribution is 6.30. The van der Waals surface area contributed by atoms with Gasteiger partial charge in [0.1, 0.15) is 11.2 Å². The average molecular weight is 1060 g/mol. The zero-order valence-electron chi connectivity index (χ0n) is 45.3. The van der Waals surface area contributed by atoms with Crippen LogP contribution in [0.2, 0.25) is 0 Å². The van der Waals surface area contributed by atoms with Gasteiger partial charge in [0.25, 0.3) is 0 Å². The van der Waals surface area contributed by atoms with E-state index in [1.165, 1.54) is 55.1 Å². The van der Waals surface area contributed by atoms with Gasteiger partial charge in [-0.3, -0.25) is 0 Å². The van der Waals surface area contributed by atoms with Crippen molar-refractivity contribution in [3.8, 4) is 44.5 Å². The molecule has 3 nitrogen and oxygen atoms in total. The van der Waals surface area contributed by atoms with Crippen LogP contribution in [0.1, 0.15) is 0 Å². The maximum Gasteiger partial charge on any atom is 0.138 e. The van der Waals surface area contributed by atoms with Gasteiger partial charge in [0, 0.05) is 55.4 Å². The van der Waals surface area contributed by atoms with Gasteiger partial charge in [-0.15, -0.1) is 0 Å². The molecule has 0 saturated carbocycles. The van der Waals surface area contributed by atoms with Crippen LogP contribution in [0.5, 0.6) is 0 Å². The normalized spacial score (nSPS) is 11.6. The summed E-state index contributed by atoms with van der Waals surface area (Å²) in [4.78, 5) is 4.92. The summed E-state index contributed by atoms with van der Waals surface area (Å²) in [6, 6.07) is 115. The molecule has 388 valence electrons. The van der Waals surface area contributed by atoms with Crippen LogP contribution in [0.4, 0.5) is 34.1 Å². The Labute approximate surface area is 481 Å². The number of fused-ring (bicyclic) bond motifs is 10. The van der Waals surface area contributed by atoms with Crippen molar-refractivity contribution < 1.29 is 4.42 Å². The molecular weight excluding hydrogens is 1000 g/mol. The number of nitrogens with zero attached hydrogens (tertiary/aromatic N) is 2. The fraction of sp³-hybridized carbons (Fsp3) is 0. The molecule has 0 radical (unpaired) electrons. The second-order valence-corrected chi connectivity index (χ2v) is 21.5. The average Bonchev–Trinajstić information content (AvgIpc) is 2.97. The molecule has 1 aromatic heterocycles. The molecule has 0 saturated heterocycles. The second-order valence-electron chi connectivity index (χ2n) is 21.5. The number of furan rings is 1. The van der Waals surface area contributed by atoms with Crippen molar-refractivity contribution in [1.29, 1.82) is 0 Å². The minimum atomic E-state index is 0.848.